The number of carbonyl (C=O) groups excluding carboxylic acids is 1. The number of hydrogen-bond acceptors (Lipinski definition) is 4. The second-order valence-corrected chi connectivity index (χ2v) is 8.70. The standard InChI is InChI=1S/C25H30ClNO3.ClH/c1-3-30-25(19-7-5-4-6-8-19)13-15-27(16-14-25)17-18-9-10-20-22(29-2)12-11-21(26)23(20)24(18)28;/h4-8,11-12,18H,3,9-10,13-17H2,1-2H3;1H. The van der Waals surface area contributed by atoms with Crippen LogP contribution >= 0.6 is 24.0 Å². The van der Waals surface area contributed by atoms with E-state index in [1.165, 1.54) is 5.56 Å². The summed E-state index contributed by atoms with van der Waals surface area (Å²) in [6.07, 6.45) is 3.55. The van der Waals surface area contributed by atoms with Crippen LogP contribution in [0.5, 0.6) is 5.75 Å². The zero-order chi connectivity index (χ0) is 21.1. The number of benzene rings is 2. The second kappa shape index (κ2) is 10.4. The number of rotatable bonds is 6. The molecule has 31 heavy (non-hydrogen) atoms. The Morgan fingerprint density at radius 2 is 1.84 bits per heavy atom. The molecule has 0 radical (unpaired) electrons. The monoisotopic (exact) mass is 463 g/mol. The van der Waals surface area contributed by atoms with E-state index in [9.17, 15) is 4.79 Å². The van der Waals surface area contributed by atoms with Crippen LogP contribution in [0.25, 0.3) is 0 Å². The molecule has 0 bridgehead atoms. The van der Waals surface area contributed by atoms with Gasteiger partial charge in [-0.25, -0.2) is 0 Å². The van der Waals surface area contributed by atoms with E-state index in [0.29, 0.717) is 17.2 Å². The van der Waals surface area contributed by atoms with Gasteiger partial charge in [0, 0.05) is 43.3 Å². The van der Waals surface area contributed by atoms with E-state index in [-0.39, 0.29) is 29.7 Å². The average molecular weight is 464 g/mol. The minimum absolute atomic E-state index is 0. The summed E-state index contributed by atoms with van der Waals surface area (Å²) in [5.41, 5.74) is 2.67. The van der Waals surface area contributed by atoms with Crippen LogP contribution < -0.4 is 4.74 Å². The molecule has 1 fully saturated rings. The molecule has 0 N–H and O–H groups in total. The lowest BCUT2D eigenvalue weighted by Crippen LogP contribution is -2.46. The predicted molar refractivity (Wildman–Crippen MR) is 127 cm³/mol. The number of methoxy groups -OCH3 is 1. The van der Waals surface area contributed by atoms with Gasteiger partial charge in [-0.1, -0.05) is 41.9 Å². The first-order valence-corrected chi connectivity index (χ1v) is 11.3. The number of piperidine rings is 1. The molecule has 168 valence electrons. The number of ketones is 1. The van der Waals surface area contributed by atoms with Crippen molar-refractivity contribution in [3.8, 4) is 5.75 Å². The van der Waals surface area contributed by atoms with Crippen molar-refractivity contribution in [1.29, 1.82) is 0 Å². The van der Waals surface area contributed by atoms with E-state index in [0.717, 1.165) is 56.6 Å². The fourth-order valence-electron chi connectivity index (χ4n) is 5.08. The van der Waals surface area contributed by atoms with E-state index in [2.05, 4.69) is 36.1 Å². The quantitative estimate of drug-likeness (QED) is 0.563. The van der Waals surface area contributed by atoms with E-state index in [1.54, 1.807) is 13.2 Å². The van der Waals surface area contributed by atoms with Gasteiger partial charge in [0.15, 0.2) is 5.78 Å². The Morgan fingerprint density at radius 1 is 1.13 bits per heavy atom. The number of halogens is 2. The lowest BCUT2D eigenvalue weighted by Gasteiger charge is -2.43. The third-order valence-electron chi connectivity index (χ3n) is 6.66. The SMILES string of the molecule is CCOC1(c2ccccc2)CCN(CC2CCc3c(OC)ccc(Cl)c3C2=O)CC1.Cl. The third kappa shape index (κ3) is 4.78. The zero-order valence-electron chi connectivity index (χ0n) is 18.2. The first-order valence-electron chi connectivity index (χ1n) is 10.9. The van der Waals surface area contributed by atoms with Gasteiger partial charge < -0.3 is 14.4 Å². The minimum Gasteiger partial charge on any atom is -0.496 e. The minimum atomic E-state index is -0.216. The van der Waals surface area contributed by atoms with Crippen LogP contribution in [-0.2, 0) is 16.8 Å². The molecule has 1 atom stereocenters. The molecule has 4 rings (SSSR count). The average Bonchev–Trinajstić information content (AvgIpc) is 2.78. The molecule has 2 aromatic rings. The van der Waals surface area contributed by atoms with Crippen LogP contribution in [0.15, 0.2) is 42.5 Å². The van der Waals surface area contributed by atoms with Crippen LogP contribution in [0.2, 0.25) is 5.02 Å². The van der Waals surface area contributed by atoms with Gasteiger partial charge >= 0.3 is 0 Å². The summed E-state index contributed by atoms with van der Waals surface area (Å²) in [7, 11) is 1.64. The summed E-state index contributed by atoms with van der Waals surface area (Å²) in [6.45, 7) is 5.40. The highest BCUT2D eigenvalue weighted by Gasteiger charge is 2.39. The molecule has 4 nitrogen and oxygen atoms in total. The number of Topliss-reactive ketones (excluding diaryl/α,β-unsaturated/α-hetero) is 1. The Kier molecular flexibility index (Phi) is 8.03. The van der Waals surface area contributed by atoms with Crippen LogP contribution in [-0.4, -0.2) is 44.0 Å². The van der Waals surface area contributed by atoms with Gasteiger partial charge in [0.05, 0.1) is 17.7 Å². The molecule has 2 aliphatic rings. The normalized spacial score (nSPS) is 20.6. The molecule has 0 saturated carbocycles. The zero-order valence-corrected chi connectivity index (χ0v) is 19.8. The Labute approximate surface area is 196 Å². The van der Waals surface area contributed by atoms with Crippen LogP contribution in [0.1, 0.15) is 47.7 Å². The van der Waals surface area contributed by atoms with Gasteiger partial charge in [-0.2, -0.15) is 0 Å². The number of nitrogens with zero attached hydrogens (tertiary/aromatic N) is 1. The molecule has 1 unspecified atom stereocenters. The summed E-state index contributed by atoms with van der Waals surface area (Å²) in [4.78, 5) is 15.7. The van der Waals surface area contributed by atoms with Crippen molar-refractivity contribution >= 4 is 29.8 Å². The number of ether oxygens (including phenoxy) is 2. The Morgan fingerprint density at radius 3 is 2.48 bits per heavy atom. The molecule has 1 saturated heterocycles. The lowest BCUT2D eigenvalue weighted by molar-refractivity contribution is -0.0860. The predicted octanol–water partition coefficient (Wildman–Crippen LogP) is 5.54. The number of hydrogen-bond donors (Lipinski definition) is 0. The smallest absolute Gasteiger partial charge is 0.169 e. The van der Waals surface area contributed by atoms with Crippen molar-refractivity contribution < 1.29 is 14.3 Å². The van der Waals surface area contributed by atoms with E-state index >= 15 is 0 Å². The molecular formula is C25H31Cl2NO3. The molecule has 0 spiro atoms. The van der Waals surface area contributed by atoms with Gasteiger partial charge in [-0.3, -0.25) is 4.79 Å². The molecule has 2 aromatic carbocycles. The Bertz CT molecular complexity index is 895. The van der Waals surface area contributed by atoms with Crippen molar-refractivity contribution in [3.63, 3.8) is 0 Å². The topological polar surface area (TPSA) is 38.8 Å². The first-order chi connectivity index (χ1) is 14.6. The largest absolute Gasteiger partial charge is 0.496 e. The Balaban J connectivity index is 0.00000272. The maximum Gasteiger partial charge on any atom is 0.169 e. The fourth-order valence-corrected chi connectivity index (χ4v) is 5.35. The maximum absolute atomic E-state index is 13.2. The van der Waals surface area contributed by atoms with Gasteiger partial charge in [0.1, 0.15) is 5.75 Å². The van der Waals surface area contributed by atoms with Crippen molar-refractivity contribution in [1.82, 2.24) is 4.90 Å². The van der Waals surface area contributed by atoms with E-state index < -0.39 is 0 Å². The van der Waals surface area contributed by atoms with Crippen LogP contribution in [0.4, 0.5) is 0 Å². The highest BCUT2D eigenvalue weighted by Crippen LogP contribution is 2.39. The Hall–Kier alpha value is -1.59. The third-order valence-corrected chi connectivity index (χ3v) is 6.98. The molecular weight excluding hydrogens is 433 g/mol. The van der Waals surface area contributed by atoms with Crippen molar-refractivity contribution in [3.05, 3.63) is 64.2 Å². The van der Waals surface area contributed by atoms with Gasteiger partial charge in [0.2, 0.25) is 0 Å². The summed E-state index contributed by atoms with van der Waals surface area (Å²) >= 11 is 6.41. The number of fused-ring (bicyclic) bond motifs is 1. The highest BCUT2D eigenvalue weighted by molar-refractivity contribution is 6.34. The fraction of sp³-hybridized carbons (Fsp3) is 0.480. The molecule has 1 heterocycles. The molecule has 1 aliphatic carbocycles. The maximum atomic E-state index is 13.2. The van der Waals surface area contributed by atoms with Gasteiger partial charge in [-0.05, 0) is 50.3 Å². The summed E-state index contributed by atoms with van der Waals surface area (Å²) in [5.74, 6) is 0.909. The van der Waals surface area contributed by atoms with E-state index in [4.69, 9.17) is 21.1 Å². The summed E-state index contributed by atoms with van der Waals surface area (Å²) in [6, 6.07) is 14.2. The molecule has 1 aliphatic heterocycles. The molecule has 0 aromatic heterocycles. The molecule has 6 heteroatoms. The highest BCUT2D eigenvalue weighted by atomic mass is 35.5. The van der Waals surface area contributed by atoms with Gasteiger partial charge in [0.25, 0.3) is 0 Å². The van der Waals surface area contributed by atoms with Crippen LogP contribution in [0.3, 0.4) is 0 Å². The van der Waals surface area contributed by atoms with Crippen LogP contribution in [0, 0.1) is 5.92 Å². The number of carbonyl (C=O) groups is 1. The summed E-state index contributed by atoms with van der Waals surface area (Å²) in [5, 5.41) is 0.540. The van der Waals surface area contributed by atoms with Crippen molar-refractivity contribution in [2.24, 2.45) is 5.92 Å². The first kappa shape index (κ1) is 24.1. The van der Waals surface area contributed by atoms with Gasteiger partial charge in [-0.15, -0.1) is 12.4 Å². The number of likely N-dealkylation sites (tertiary alicyclic amines) is 1. The van der Waals surface area contributed by atoms with Crippen molar-refractivity contribution in [2.45, 2.75) is 38.2 Å². The summed E-state index contributed by atoms with van der Waals surface area (Å²) < 4.78 is 11.7. The lowest BCUT2D eigenvalue weighted by atomic mass is 9.80. The molecule has 0 amide bonds. The van der Waals surface area contributed by atoms with E-state index in [1.807, 2.05) is 12.1 Å². The van der Waals surface area contributed by atoms with Crippen molar-refractivity contribution in [2.75, 3.05) is 33.4 Å². The second-order valence-electron chi connectivity index (χ2n) is 8.30.